The van der Waals surface area contributed by atoms with Crippen LogP contribution in [0.2, 0.25) is 0 Å². The van der Waals surface area contributed by atoms with Crippen molar-refractivity contribution in [3.63, 3.8) is 0 Å². The summed E-state index contributed by atoms with van der Waals surface area (Å²) in [7, 11) is 0. The molecule has 1 aromatic heterocycles. The molecule has 0 bridgehead atoms. The summed E-state index contributed by atoms with van der Waals surface area (Å²) in [6.07, 6.45) is 2.09. The zero-order valence-corrected chi connectivity index (χ0v) is 9.90. The van der Waals surface area contributed by atoms with Crippen LogP contribution in [0.25, 0.3) is 0 Å². The Labute approximate surface area is 97.2 Å². The zero-order chi connectivity index (χ0) is 11.4. The minimum Gasteiger partial charge on any atom is -0.258 e. The van der Waals surface area contributed by atoms with Gasteiger partial charge >= 0.3 is 0 Å². The molecule has 1 heterocycles. The van der Waals surface area contributed by atoms with E-state index in [0.29, 0.717) is 0 Å². The van der Waals surface area contributed by atoms with E-state index in [-0.39, 0.29) is 0 Å². The second-order valence-electron chi connectivity index (χ2n) is 4.20. The van der Waals surface area contributed by atoms with Crippen molar-refractivity contribution in [1.29, 1.82) is 0 Å². The molecular weight excluding hydrogens is 194 g/mol. The van der Waals surface area contributed by atoms with Crippen LogP contribution in [-0.2, 0) is 12.8 Å². The third-order valence-corrected chi connectivity index (χ3v) is 2.83. The highest BCUT2D eigenvalue weighted by molar-refractivity contribution is 5.23. The molecule has 1 aromatic carbocycles. The summed E-state index contributed by atoms with van der Waals surface area (Å²) < 4.78 is 0. The maximum absolute atomic E-state index is 4.59. The Balaban J connectivity index is 2.08. The van der Waals surface area contributed by atoms with Gasteiger partial charge in [0.15, 0.2) is 0 Å². The molecule has 2 rings (SSSR count). The highest BCUT2D eigenvalue weighted by atomic mass is 14.7. The Hall–Kier alpha value is -1.63. The molecule has 1 heteroatoms. The molecule has 0 atom stereocenters. The number of aromatic nitrogens is 1. The van der Waals surface area contributed by atoms with Crippen molar-refractivity contribution in [1.82, 2.24) is 4.98 Å². The van der Waals surface area contributed by atoms with Gasteiger partial charge in [-0.3, -0.25) is 4.98 Å². The molecule has 0 saturated carbocycles. The van der Waals surface area contributed by atoms with Crippen LogP contribution in [0.15, 0.2) is 42.5 Å². The number of nitrogens with zero attached hydrogens (tertiary/aromatic N) is 1. The molecule has 0 aliphatic heterocycles. The van der Waals surface area contributed by atoms with Gasteiger partial charge in [0.2, 0.25) is 0 Å². The summed E-state index contributed by atoms with van der Waals surface area (Å²) in [5, 5.41) is 0. The lowest BCUT2D eigenvalue weighted by atomic mass is 10.1. The van der Waals surface area contributed by atoms with Crippen LogP contribution < -0.4 is 0 Å². The van der Waals surface area contributed by atoms with Gasteiger partial charge in [0.1, 0.15) is 0 Å². The van der Waals surface area contributed by atoms with Gasteiger partial charge in [-0.2, -0.15) is 0 Å². The van der Waals surface area contributed by atoms with Crippen LogP contribution in [0.1, 0.15) is 22.5 Å². The molecule has 0 radical (unpaired) electrons. The minimum absolute atomic E-state index is 1.03. The molecule has 0 N–H and O–H groups in total. The standard InChI is InChI=1S/C15H17N/c1-12-8-9-13(2)16-15(12)11-10-14-6-4-3-5-7-14/h3-9H,10-11H2,1-2H3. The normalized spacial score (nSPS) is 10.4. The first-order valence-corrected chi connectivity index (χ1v) is 5.73. The van der Waals surface area contributed by atoms with Crippen LogP contribution in [-0.4, -0.2) is 4.98 Å². The van der Waals surface area contributed by atoms with Crippen molar-refractivity contribution in [2.24, 2.45) is 0 Å². The van der Waals surface area contributed by atoms with E-state index in [0.717, 1.165) is 18.5 Å². The lowest BCUT2D eigenvalue weighted by Gasteiger charge is -2.06. The van der Waals surface area contributed by atoms with E-state index in [2.05, 4.69) is 54.4 Å². The number of hydrogen-bond donors (Lipinski definition) is 0. The van der Waals surface area contributed by atoms with E-state index in [4.69, 9.17) is 0 Å². The molecule has 16 heavy (non-hydrogen) atoms. The highest BCUT2D eigenvalue weighted by Crippen LogP contribution is 2.10. The smallest absolute Gasteiger partial charge is 0.0439 e. The average molecular weight is 211 g/mol. The number of hydrogen-bond acceptors (Lipinski definition) is 1. The Kier molecular flexibility index (Phi) is 3.35. The lowest BCUT2D eigenvalue weighted by Crippen LogP contribution is -1.98. The predicted molar refractivity (Wildman–Crippen MR) is 67.6 cm³/mol. The van der Waals surface area contributed by atoms with Gasteiger partial charge < -0.3 is 0 Å². The Morgan fingerprint density at radius 3 is 2.38 bits per heavy atom. The van der Waals surface area contributed by atoms with Crippen molar-refractivity contribution in [3.8, 4) is 0 Å². The molecule has 0 aliphatic rings. The Morgan fingerprint density at radius 1 is 0.875 bits per heavy atom. The predicted octanol–water partition coefficient (Wildman–Crippen LogP) is 3.48. The molecule has 2 aromatic rings. The van der Waals surface area contributed by atoms with Crippen LogP contribution >= 0.6 is 0 Å². The van der Waals surface area contributed by atoms with E-state index >= 15 is 0 Å². The second-order valence-corrected chi connectivity index (χ2v) is 4.20. The maximum atomic E-state index is 4.59. The van der Waals surface area contributed by atoms with Crippen molar-refractivity contribution >= 4 is 0 Å². The van der Waals surface area contributed by atoms with Crippen molar-refractivity contribution < 1.29 is 0 Å². The van der Waals surface area contributed by atoms with Gasteiger partial charge in [-0.25, -0.2) is 0 Å². The second kappa shape index (κ2) is 4.93. The quantitative estimate of drug-likeness (QED) is 0.757. The largest absolute Gasteiger partial charge is 0.258 e. The topological polar surface area (TPSA) is 12.9 Å². The Bertz CT molecular complexity index is 460. The van der Waals surface area contributed by atoms with Gasteiger partial charge in [-0.1, -0.05) is 36.4 Å². The monoisotopic (exact) mass is 211 g/mol. The molecule has 0 spiro atoms. The molecular formula is C15H17N. The first-order chi connectivity index (χ1) is 7.75. The number of benzene rings is 1. The molecule has 0 amide bonds. The fraction of sp³-hybridized carbons (Fsp3) is 0.267. The van der Waals surface area contributed by atoms with Gasteiger partial charge in [0.05, 0.1) is 0 Å². The first-order valence-electron chi connectivity index (χ1n) is 5.73. The lowest BCUT2D eigenvalue weighted by molar-refractivity contribution is 0.889. The third kappa shape index (κ3) is 2.69. The fourth-order valence-electron chi connectivity index (χ4n) is 1.84. The van der Waals surface area contributed by atoms with Gasteiger partial charge in [-0.05, 0) is 43.9 Å². The average Bonchev–Trinajstić information content (AvgIpc) is 2.32. The summed E-state index contributed by atoms with van der Waals surface area (Å²) in [4.78, 5) is 4.59. The van der Waals surface area contributed by atoms with E-state index in [1.54, 1.807) is 0 Å². The highest BCUT2D eigenvalue weighted by Gasteiger charge is 2.01. The van der Waals surface area contributed by atoms with Crippen LogP contribution in [0.5, 0.6) is 0 Å². The van der Waals surface area contributed by atoms with Crippen LogP contribution in [0.4, 0.5) is 0 Å². The molecule has 0 unspecified atom stereocenters. The van der Waals surface area contributed by atoms with Gasteiger partial charge in [-0.15, -0.1) is 0 Å². The summed E-state index contributed by atoms with van der Waals surface area (Å²) in [5.41, 5.74) is 5.00. The molecule has 0 aliphatic carbocycles. The third-order valence-electron chi connectivity index (χ3n) is 2.83. The summed E-state index contributed by atoms with van der Waals surface area (Å²) in [5.74, 6) is 0. The van der Waals surface area contributed by atoms with Gasteiger partial charge in [0, 0.05) is 11.4 Å². The molecule has 0 saturated heterocycles. The summed E-state index contributed by atoms with van der Waals surface area (Å²) >= 11 is 0. The fourth-order valence-corrected chi connectivity index (χ4v) is 1.84. The Morgan fingerprint density at radius 2 is 1.62 bits per heavy atom. The van der Waals surface area contributed by atoms with Crippen molar-refractivity contribution in [3.05, 3.63) is 65.0 Å². The van der Waals surface area contributed by atoms with Crippen molar-refractivity contribution in [2.45, 2.75) is 26.7 Å². The van der Waals surface area contributed by atoms with Crippen LogP contribution in [0, 0.1) is 13.8 Å². The summed E-state index contributed by atoms with van der Waals surface area (Å²) in [6.45, 7) is 4.18. The minimum atomic E-state index is 1.03. The number of aryl methyl sites for hydroxylation is 4. The molecule has 1 nitrogen and oxygen atoms in total. The molecule has 0 fully saturated rings. The SMILES string of the molecule is Cc1ccc(C)c(CCc2ccccc2)n1. The zero-order valence-electron chi connectivity index (χ0n) is 9.90. The van der Waals surface area contributed by atoms with Crippen molar-refractivity contribution in [2.75, 3.05) is 0 Å². The van der Waals surface area contributed by atoms with Gasteiger partial charge in [0.25, 0.3) is 0 Å². The van der Waals surface area contributed by atoms with E-state index in [1.807, 2.05) is 6.92 Å². The van der Waals surface area contributed by atoms with Crippen LogP contribution in [0.3, 0.4) is 0 Å². The number of rotatable bonds is 3. The van der Waals surface area contributed by atoms with E-state index < -0.39 is 0 Å². The molecule has 82 valence electrons. The number of pyridine rings is 1. The summed E-state index contributed by atoms with van der Waals surface area (Å²) in [6, 6.07) is 14.8. The first kappa shape index (κ1) is 10.9. The van der Waals surface area contributed by atoms with E-state index in [9.17, 15) is 0 Å². The van der Waals surface area contributed by atoms with E-state index in [1.165, 1.54) is 16.8 Å². The maximum Gasteiger partial charge on any atom is 0.0439 e.